The molecular weight excluding hydrogens is 408 g/mol. The summed E-state index contributed by atoms with van der Waals surface area (Å²) in [6.07, 6.45) is -1.85. The van der Waals surface area contributed by atoms with Crippen LogP contribution in [0.3, 0.4) is 0 Å². The molecule has 0 radical (unpaired) electrons. The second-order valence-electron chi connectivity index (χ2n) is 8.48. The van der Waals surface area contributed by atoms with Crippen LogP contribution < -0.4 is 4.74 Å². The Morgan fingerprint density at radius 2 is 1.44 bits per heavy atom. The molecule has 172 valence electrons. The highest BCUT2D eigenvalue weighted by molar-refractivity contribution is 5.67. The van der Waals surface area contributed by atoms with Crippen molar-refractivity contribution in [2.24, 2.45) is 5.92 Å². The molecule has 5 atom stereocenters. The molecule has 0 aliphatic carbocycles. The van der Waals surface area contributed by atoms with Crippen molar-refractivity contribution in [1.82, 2.24) is 0 Å². The third kappa shape index (κ3) is 5.68. The number of carbonyl (C=O) groups is 2. The predicted octanol–water partition coefficient (Wildman–Crippen LogP) is 4.98. The molecule has 0 bridgehead atoms. The van der Waals surface area contributed by atoms with E-state index in [4.69, 9.17) is 18.9 Å². The van der Waals surface area contributed by atoms with Crippen molar-refractivity contribution in [3.8, 4) is 16.9 Å². The molecule has 0 amide bonds. The first kappa shape index (κ1) is 23.8. The molecule has 6 heteroatoms. The van der Waals surface area contributed by atoms with E-state index in [0.717, 1.165) is 11.1 Å². The fourth-order valence-corrected chi connectivity index (χ4v) is 4.20. The number of esters is 2. The second kappa shape index (κ2) is 10.2. The first-order valence-electron chi connectivity index (χ1n) is 11.0. The van der Waals surface area contributed by atoms with Gasteiger partial charge in [0.2, 0.25) is 6.29 Å². The Morgan fingerprint density at radius 1 is 0.875 bits per heavy atom. The molecule has 3 rings (SSSR count). The SMILES string of the molecule is CCC1OC(Oc2ccc(-c3cc(C)cc(C)c3)cc2)C(C)C(OC(C)=O)C1OC(C)=O. The highest BCUT2D eigenvalue weighted by Crippen LogP contribution is 2.34. The molecule has 0 spiro atoms. The Morgan fingerprint density at radius 3 is 1.97 bits per heavy atom. The summed E-state index contributed by atoms with van der Waals surface area (Å²) >= 11 is 0. The summed E-state index contributed by atoms with van der Waals surface area (Å²) in [6.45, 7) is 10.6. The van der Waals surface area contributed by atoms with E-state index >= 15 is 0 Å². The lowest BCUT2D eigenvalue weighted by Gasteiger charge is -2.43. The fraction of sp³-hybridized carbons (Fsp3) is 0.462. The molecule has 0 saturated carbocycles. The molecule has 5 unspecified atom stereocenters. The van der Waals surface area contributed by atoms with Gasteiger partial charge in [0.25, 0.3) is 0 Å². The number of carbonyl (C=O) groups excluding carboxylic acids is 2. The van der Waals surface area contributed by atoms with E-state index < -0.39 is 36.5 Å². The van der Waals surface area contributed by atoms with E-state index in [1.54, 1.807) is 0 Å². The Balaban J connectivity index is 1.79. The standard InChI is InChI=1S/C26H32O6/c1-7-23-25(30-19(6)28)24(29-18(5)27)17(4)26(32-23)31-22-10-8-20(9-11-22)21-13-15(2)12-16(3)14-21/h8-14,17,23-26H,7H2,1-6H3. The van der Waals surface area contributed by atoms with Crippen LogP contribution in [0.1, 0.15) is 45.2 Å². The molecule has 1 saturated heterocycles. The summed E-state index contributed by atoms with van der Waals surface area (Å²) in [5.41, 5.74) is 4.69. The zero-order valence-corrected chi connectivity index (χ0v) is 19.6. The summed E-state index contributed by atoms with van der Waals surface area (Å²) in [6, 6.07) is 14.3. The second-order valence-corrected chi connectivity index (χ2v) is 8.48. The van der Waals surface area contributed by atoms with Crippen LogP contribution in [0.25, 0.3) is 11.1 Å². The van der Waals surface area contributed by atoms with Gasteiger partial charge in [-0.15, -0.1) is 0 Å². The van der Waals surface area contributed by atoms with Gasteiger partial charge in [0.1, 0.15) is 18.0 Å². The molecule has 0 N–H and O–H groups in total. The van der Waals surface area contributed by atoms with Crippen LogP contribution in [-0.4, -0.2) is 36.5 Å². The van der Waals surface area contributed by atoms with Gasteiger partial charge >= 0.3 is 11.9 Å². The van der Waals surface area contributed by atoms with E-state index in [-0.39, 0.29) is 5.92 Å². The van der Waals surface area contributed by atoms with Crippen LogP contribution in [0, 0.1) is 19.8 Å². The van der Waals surface area contributed by atoms with Crippen LogP contribution in [-0.2, 0) is 23.8 Å². The summed E-state index contributed by atoms with van der Waals surface area (Å²) in [5.74, 6) is -0.572. The zero-order chi connectivity index (χ0) is 23.4. The quantitative estimate of drug-likeness (QED) is 0.590. The summed E-state index contributed by atoms with van der Waals surface area (Å²) in [5, 5.41) is 0. The van der Waals surface area contributed by atoms with Gasteiger partial charge in [-0.3, -0.25) is 9.59 Å². The monoisotopic (exact) mass is 440 g/mol. The van der Waals surface area contributed by atoms with Crippen molar-refractivity contribution in [2.45, 2.75) is 72.6 Å². The summed E-state index contributed by atoms with van der Waals surface area (Å²) < 4.78 is 23.3. The van der Waals surface area contributed by atoms with Gasteiger partial charge < -0.3 is 18.9 Å². The molecular formula is C26H32O6. The van der Waals surface area contributed by atoms with Crippen molar-refractivity contribution >= 4 is 11.9 Å². The van der Waals surface area contributed by atoms with Gasteiger partial charge in [-0.25, -0.2) is 0 Å². The maximum Gasteiger partial charge on any atom is 0.303 e. The van der Waals surface area contributed by atoms with E-state index in [2.05, 4.69) is 32.0 Å². The van der Waals surface area contributed by atoms with Gasteiger partial charge in [0, 0.05) is 13.8 Å². The Kier molecular flexibility index (Phi) is 7.56. The fourth-order valence-electron chi connectivity index (χ4n) is 4.20. The summed E-state index contributed by atoms with van der Waals surface area (Å²) in [4.78, 5) is 23.3. The lowest BCUT2D eigenvalue weighted by Crippen LogP contribution is -2.57. The predicted molar refractivity (Wildman–Crippen MR) is 121 cm³/mol. The first-order valence-corrected chi connectivity index (χ1v) is 11.0. The van der Waals surface area contributed by atoms with Gasteiger partial charge in [-0.05, 0) is 43.5 Å². The van der Waals surface area contributed by atoms with Crippen LogP contribution in [0.15, 0.2) is 42.5 Å². The van der Waals surface area contributed by atoms with E-state index in [1.165, 1.54) is 25.0 Å². The smallest absolute Gasteiger partial charge is 0.303 e. The van der Waals surface area contributed by atoms with Crippen LogP contribution in [0.5, 0.6) is 5.75 Å². The highest BCUT2D eigenvalue weighted by Gasteiger charge is 2.48. The third-order valence-electron chi connectivity index (χ3n) is 5.61. The molecule has 1 aliphatic heterocycles. The average molecular weight is 441 g/mol. The van der Waals surface area contributed by atoms with Crippen molar-refractivity contribution in [3.05, 3.63) is 53.6 Å². The number of ether oxygens (including phenoxy) is 4. The Bertz CT molecular complexity index is 931. The normalized spacial score (nSPS) is 25.1. The van der Waals surface area contributed by atoms with Crippen molar-refractivity contribution < 1.29 is 28.5 Å². The molecule has 32 heavy (non-hydrogen) atoms. The lowest BCUT2D eigenvalue weighted by molar-refractivity contribution is -0.261. The van der Waals surface area contributed by atoms with Crippen molar-refractivity contribution in [3.63, 3.8) is 0 Å². The highest BCUT2D eigenvalue weighted by atomic mass is 16.7. The van der Waals surface area contributed by atoms with E-state index in [0.29, 0.717) is 12.2 Å². The number of hydrogen-bond donors (Lipinski definition) is 0. The van der Waals surface area contributed by atoms with Gasteiger partial charge in [0.15, 0.2) is 6.10 Å². The number of rotatable bonds is 6. The van der Waals surface area contributed by atoms with Gasteiger partial charge in [-0.1, -0.05) is 55.3 Å². The molecule has 2 aromatic rings. The maximum atomic E-state index is 11.7. The zero-order valence-electron chi connectivity index (χ0n) is 19.6. The minimum atomic E-state index is -0.678. The molecule has 1 fully saturated rings. The number of benzene rings is 2. The van der Waals surface area contributed by atoms with Crippen molar-refractivity contribution in [1.29, 1.82) is 0 Å². The minimum Gasteiger partial charge on any atom is -0.464 e. The molecule has 0 aromatic heterocycles. The molecule has 1 heterocycles. The van der Waals surface area contributed by atoms with Gasteiger partial charge in [-0.2, -0.15) is 0 Å². The average Bonchev–Trinajstić information content (AvgIpc) is 2.72. The minimum absolute atomic E-state index is 0.342. The molecule has 1 aliphatic rings. The molecule has 6 nitrogen and oxygen atoms in total. The largest absolute Gasteiger partial charge is 0.464 e. The van der Waals surface area contributed by atoms with Crippen LogP contribution in [0.4, 0.5) is 0 Å². The van der Waals surface area contributed by atoms with Crippen molar-refractivity contribution in [2.75, 3.05) is 0 Å². The van der Waals surface area contributed by atoms with E-state index in [1.807, 2.05) is 38.1 Å². The van der Waals surface area contributed by atoms with Gasteiger partial charge in [0.05, 0.1) is 5.92 Å². The summed E-state index contributed by atoms with van der Waals surface area (Å²) in [7, 11) is 0. The maximum absolute atomic E-state index is 11.7. The lowest BCUT2D eigenvalue weighted by atomic mass is 9.90. The van der Waals surface area contributed by atoms with E-state index in [9.17, 15) is 9.59 Å². The number of hydrogen-bond acceptors (Lipinski definition) is 6. The van der Waals surface area contributed by atoms with Crippen LogP contribution >= 0.6 is 0 Å². The topological polar surface area (TPSA) is 71.1 Å². The Hall–Kier alpha value is -2.86. The first-order chi connectivity index (χ1) is 15.2. The third-order valence-corrected chi connectivity index (χ3v) is 5.61. The van der Waals surface area contributed by atoms with Crippen LogP contribution in [0.2, 0.25) is 0 Å². The Labute approximate surface area is 189 Å². The molecule has 2 aromatic carbocycles. The number of aryl methyl sites for hydroxylation is 2.